The van der Waals surface area contributed by atoms with Gasteiger partial charge in [-0.25, -0.2) is 0 Å². The van der Waals surface area contributed by atoms with Crippen LogP contribution in [0, 0.1) is 6.92 Å². The zero-order valence-corrected chi connectivity index (χ0v) is 14.2. The number of hydrogen-bond acceptors (Lipinski definition) is 2. The number of ether oxygens (including phenoxy) is 1. The average Bonchev–Trinajstić information content (AvgIpc) is 2.79. The number of hydrogen-bond donors (Lipinski definition) is 0. The smallest absolute Gasteiger partial charge is 0.131 e. The summed E-state index contributed by atoms with van der Waals surface area (Å²) in [6, 6.07) is 6.53. The Morgan fingerprint density at radius 2 is 2.00 bits per heavy atom. The van der Waals surface area contributed by atoms with E-state index in [2.05, 4.69) is 46.2 Å². The van der Waals surface area contributed by atoms with Crippen LogP contribution < -0.4 is 4.74 Å². The maximum Gasteiger partial charge on any atom is 0.131 e. The van der Waals surface area contributed by atoms with Gasteiger partial charge in [-0.1, -0.05) is 6.07 Å². The average molecular weight is 349 g/mol. The van der Waals surface area contributed by atoms with Crippen LogP contribution in [0.4, 0.5) is 0 Å². The molecule has 0 amide bonds. The fraction of sp³-hybridized carbons (Fsp3) is 0.471. The molecule has 0 atom stereocenters. The van der Waals surface area contributed by atoms with E-state index in [1.54, 1.807) is 0 Å². The summed E-state index contributed by atoms with van der Waals surface area (Å²) in [7, 11) is 0. The van der Waals surface area contributed by atoms with Gasteiger partial charge in [0.05, 0.1) is 15.9 Å². The minimum atomic E-state index is 0.550. The van der Waals surface area contributed by atoms with Crippen molar-refractivity contribution in [2.45, 2.75) is 52.7 Å². The molecule has 1 aromatic carbocycles. The summed E-state index contributed by atoms with van der Waals surface area (Å²) in [6.45, 7) is 5.52. The van der Waals surface area contributed by atoms with E-state index >= 15 is 0 Å². The molecule has 1 heterocycles. The third-order valence-corrected chi connectivity index (χ3v) is 5.18. The molecular weight excluding hydrogens is 328 g/mol. The zero-order valence-electron chi connectivity index (χ0n) is 12.7. The van der Waals surface area contributed by atoms with Crippen molar-refractivity contribution in [1.82, 2.24) is 9.78 Å². The Balaban J connectivity index is 1.76. The second-order valence-corrected chi connectivity index (χ2v) is 6.38. The van der Waals surface area contributed by atoms with Crippen LogP contribution in [0.5, 0.6) is 5.75 Å². The van der Waals surface area contributed by atoms with Crippen LogP contribution in [-0.2, 0) is 26.0 Å². The minimum absolute atomic E-state index is 0.550. The molecule has 0 aliphatic heterocycles. The summed E-state index contributed by atoms with van der Waals surface area (Å²) in [5.41, 5.74) is 5.07. The van der Waals surface area contributed by atoms with E-state index in [0.29, 0.717) is 6.61 Å². The number of aryl methyl sites for hydroxylation is 4. The number of benzene rings is 1. The fourth-order valence-electron chi connectivity index (χ4n) is 2.96. The first-order chi connectivity index (χ1) is 10.2. The van der Waals surface area contributed by atoms with Gasteiger partial charge < -0.3 is 4.74 Å². The van der Waals surface area contributed by atoms with Gasteiger partial charge >= 0.3 is 0 Å². The number of nitrogens with zero attached hydrogens (tertiary/aromatic N) is 2. The standard InChI is InChI=1S/C17H21BrN2O/c1-3-20-16(17(18)12(2)19-20)11-21-15-9-8-13-6-4-5-7-14(13)10-15/h8-10H,3-7,11H2,1-2H3. The van der Waals surface area contributed by atoms with Gasteiger partial charge in [0, 0.05) is 6.54 Å². The number of aromatic nitrogens is 2. The molecular formula is C17H21BrN2O. The Hall–Kier alpha value is -1.29. The number of rotatable bonds is 4. The van der Waals surface area contributed by atoms with E-state index in [-0.39, 0.29) is 0 Å². The highest BCUT2D eigenvalue weighted by Crippen LogP contribution is 2.27. The van der Waals surface area contributed by atoms with Crippen molar-refractivity contribution in [2.75, 3.05) is 0 Å². The molecule has 0 fully saturated rings. The van der Waals surface area contributed by atoms with Crippen molar-refractivity contribution in [3.05, 3.63) is 45.2 Å². The predicted molar refractivity (Wildman–Crippen MR) is 87.8 cm³/mol. The molecule has 21 heavy (non-hydrogen) atoms. The molecule has 3 nitrogen and oxygen atoms in total. The van der Waals surface area contributed by atoms with E-state index in [1.165, 1.54) is 36.8 Å². The van der Waals surface area contributed by atoms with Crippen LogP contribution >= 0.6 is 15.9 Å². The molecule has 0 saturated heterocycles. The second kappa shape index (κ2) is 6.22. The normalized spacial score (nSPS) is 14.0. The van der Waals surface area contributed by atoms with Crippen LogP contribution in [0.15, 0.2) is 22.7 Å². The third kappa shape index (κ3) is 3.00. The van der Waals surface area contributed by atoms with Gasteiger partial charge in [0.1, 0.15) is 12.4 Å². The van der Waals surface area contributed by atoms with Gasteiger partial charge in [-0.3, -0.25) is 4.68 Å². The Morgan fingerprint density at radius 3 is 2.76 bits per heavy atom. The first kappa shape index (κ1) is 14.6. The molecule has 0 saturated carbocycles. The SMILES string of the molecule is CCn1nc(C)c(Br)c1COc1ccc2c(c1)CCCC2. The summed E-state index contributed by atoms with van der Waals surface area (Å²) in [4.78, 5) is 0. The molecule has 1 aromatic heterocycles. The molecule has 4 heteroatoms. The highest BCUT2D eigenvalue weighted by molar-refractivity contribution is 9.10. The summed E-state index contributed by atoms with van der Waals surface area (Å²) < 4.78 is 9.06. The van der Waals surface area contributed by atoms with Crippen molar-refractivity contribution in [3.8, 4) is 5.75 Å². The quantitative estimate of drug-likeness (QED) is 0.816. The van der Waals surface area contributed by atoms with Crippen molar-refractivity contribution in [3.63, 3.8) is 0 Å². The minimum Gasteiger partial charge on any atom is -0.487 e. The second-order valence-electron chi connectivity index (χ2n) is 5.59. The van der Waals surface area contributed by atoms with Crippen molar-refractivity contribution in [1.29, 1.82) is 0 Å². The molecule has 0 spiro atoms. The molecule has 0 bridgehead atoms. The topological polar surface area (TPSA) is 27.1 Å². The Kier molecular flexibility index (Phi) is 4.34. The molecule has 1 aliphatic carbocycles. The van der Waals surface area contributed by atoms with Gasteiger partial charge in [0.2, 0.25) is 0 Å². The lowest BCUT2D eigenvalue weighted by Gasteiger charge is -2.17. The van der Waals surface area contributed by atoms with Crippen molar-refractivity contribution < 1.29 is 4.74 Å². The lowest BCUT2D eigenvalue weighted by atomic mass is 9.92. The van der Waals surface area contributed by atoms with Gasteiger partial charge in [-0.15, -0.1) is 0 Å². The van der Waals surface area contributed by atoms with E-state index in [0.717, 1.165) is 28.2 Å². The number of fused-ring (bicyclic) bond motifs is 1. The summed E-state index contributed by atoms with van der Waals surface area (Å²) in [6.07, 6.45) is 5.00. The highest BCUT2D eigenvalue weighted by atomic mass is 79.9. The first-order valence-electron chi connectivity index (χ1n) is 7.65. The van der Waals surface area contributed by atoms with Gasteiger partial charge in [-0.2, -0.15) is 5.10 Å². The van der Waals surface area contributed by atoms with Gasteiger partial charge in [0.15, 0.2) is 0 Å². The van der Waals surface area contributed by atoms with Crippen LogP contribution in [0.3, 0.4) is 0 Å². The van der Waals surface area contributed by atoms with Crippen molar-refractivity contribution >= 4 is 15.9 Å². The molecule has 112 valence electrons. The Morgan fingerprint density at radius 1 is 1.24 bits per heavy atom. The Bertz CT molecular complexity index is 648. The first-order valence-corrected chi connectivity index (χ1v) is 8.44. The van der Waals surface area contributed by atoms with E-state index in [4.69, 9.17) is 4.74 Å². The predicted octanol–water partition coefficient (Wildman–Crippen LogP) is 4.43. The molecule has 3 rings (SSSR count). The molecule has 0 unspecified atom stereocenters. The molecule has 2 aromatic rings. The van der Waals surface area contributed by atoms with Gasteiger partial charge in [-0.05, 0) is 78.7 Å². The lowest BCUT2D eigenvalue weighted by Crippen LogP contribution is -2.07. The van der Waals surface area contributed by atoms with Crippen molar-refractivity contribution in [2.24, 2.45) is 0 Å². The Labute approximate surface area is 134 Å². The fourth-order valence-corrected chi connectivity index (χ4v) is 3.36. The summed E-state index contributed by atoms with van der Waals surface area (Å²) >= 11 is 3.61. The van der Waals surface area contributed by atoms with Gasteiger partial charge in [0.25, 0.3) is 0 Å². The largest absolute Gasteiger partial charge is 0.487 e. The zero-order chi connectivity index (χ0) is 14.8. The maximum absolute atomic E-state index is 6.00. The van der Waals surface area contributed by atoms with Crippen LogP contribution in [0.2, 0.25) is 0 Å². The van der Waals surface area contributed by atoms with Crippen LogP contribution in [-0.4, -0.2) is 9.78 Å². The lowest BCUT2D eigenvalue weighted by molar-refractivity contribution is 0.291. The van der Waals surface area contributed by atoms with E-state index in [1.807, 2.05) is 11.6 Å². The van der Waals surface area contributed by atoms with E-state index < -0.39 is 0 Å². The molecule has 0 radical (unpaired) electrons. The van der Waals surface area contributed by atoms with Crippen LogP contribution in [0.25, 0.3) is 0 Å². The summed E-state index contributed by atoms with van der Waals surface area (Å²) in [5, 5.41) is 4.50. The maximum atomic E-state index is 6.00. The third-order valence-electron chi connectivity index (χ3n) is 4.15. The number of halogens is 1. The highest BCUT2D eigenvalue weighted by Gasteiger charge is 2.14. The van der Waals surface area contributed by atoms with E-state index in [9.17, 15) is 0 Å². The molecule has 1 aliphatic rings. The molecule has 0 N–H and O–H groups in total. The monoisotopic (exact) mass is 348 g/mol. The van der Waals surface area contributed by atoms with Crippen LogP contribution in [0.1, 0.15) is 42.3 Å². The summed E-state index contributed by atoms with van der Waals surface area (Å²) in [5.74, 6) is 0.962.